The molecule has 3 aliphatic heterocycles. The average Bonchev–Trinajstić information content (AvgIpc) is 3.65. The summed E-state index contributed by atoms with van der Waals surface area (Å²) in [4.78, 5) is 51.5. The zero-order chi connectivity index (χ0) is 30.4. The molecule has 3 saturated heterocycles. The van der Waals surface area contributed by atoms with Gasteiger partial charge in [0.1, 0.15) is 18.7 Å². The highest BCUT2D eigenvalue weighted by Crippen LogP contribution is 2.42. The zero-order valence-corrected chi connectivity index (χ0v) is 26.8. The van der Waals surface area contributed by atoms with Gasteiger partial charge in [-0.25, -0.2) is 4.98 Å². The summed E-state index contributed by atoms with van der Waals surface area (Å²) >= 11 is 1.64. The minimum atomic E-state index is -0.755. The quantitative estimate of drug-likeness (QED) is 0.541. The Morgan fingerprint density at radius 1 is 1.07 bits per heavy atom. The van der Waals surface area contributed by atoms with Crippen LogP contribution in [0.2, 0.25) is 0 Å². The third-order valence-corrected chi connectivity index (χ3v) is 9.61. The van der Waals surface area contributed by atoms with Gasteiger partial charge in [0.15, 0.2) is 10.9 Å². The molecule has 0 saturated carbocycles. The summed E-state index contributed by atoms with van der Waals surface area (Å²) in [6, 6.07) is 6.04. The van der Waals surface area contributed by atoms with Gasteiger partial charge in [0, 0.05) is 55.1 Å². The molecule has 9 nitrogen and oxygen atoms in total. The summed E-state index contributed by atoms with van der Waals surface area (Å²) < 4.78 is 5.89. The molecule has 1 unspecified atom stereocenters. The van der Waals surface area contributed by atoms with Crippen LogP contribution in [0.15, 0.2) is 29.6 Å². The van der Waals surface area contributed by atoms with E-state index in [9.17, 15) is 14.4 Å². The number of carbonyl (C=O) groups is 3. The van der Waals surface area contributed by atoms with Crippen LogP contribution in [-0.4, -0.2) is 96.9 Å². The normalized spacial score (nSPS) is 24.2. The average molecular weight is 596 g/mol. The number of piperazine rings is 1. The summed E-state index contributed by atoms with van der Waals surface area (Å²) in [5.41, 5.74) is 1.97. The van der Waals surface area contributed by atoms with Crippen molar-refractivity contribution in [2.24, 2.45) is 16.7 Å². The molecular weight excluding hydrogens is 550 g/mol. The molecule has 4 atom stereocenters. The number of rotatable bonds is 6. The number of amides is 2. The molecule has 10 heteroatoms. The number of nitrogens with zero attached hydrogens (tertiary/aromatic N) is 4. The van der Waals surface area contributed by atoms with E-state index >= 15 is 0 Å². The molecule has 228 valence electrons. The highest BCUT2D eigenvalue weighted by Gasteiger charge is 2.56. The molecule has 0 radical (unpaired) electrons. The lowest BCUT2D eigenvalue weighted by Gasteiger charge is -2.32. The van der Waals surface area contributed by atoms with Crippen molar-refractivity contribution < 1.29 is 19.1 Å². The number of likely N-dealkylation sites (N-methyl/N-ethyl adjacent to an activating group) is 1. The lowest BCUT2D eigenvalue weighted by atomic mass is 9.78. The largest absolute Gasteiger partial charge is 0.367 e. The molecule has 0 spiro atoms. The second-order valence-electron chi connectivity index (χ2n) is 14.3. The van der Waals surface area contributed by atoms with Crippen molar-refractivity contribution in [3.8, 4) is 11.3 Å². The van der Waals surface area contributed by atoms with Crippen molar-refractivity contribution in [2.75, 3.05) is 51.3 Å². The van der Waals surface area contributed by atoms with E-state index in [0.717, 1.165) is 42.6 Å². The van der Waals surface area contributed by atoms with Gasteiger partial charge in [-0.2, -0.15) is 0 Å². The first-order valence-electron chi connectivity index (χ1n) is 15.0. The molecule has 1 N–H and O–H groups in total. The Hall–Kier alpha value is -2.82. The second kappa shape index (κ2) is 11.7. The van der Waals surface area contributed by atoms with Gasteiger partial charge >= 0.3 is 0 Å². The number of Topliss-reactive ketones (excluding diaryl/α,β-unsaturated/α-hetero) is 1. The van der Waals surface area contributed by atoms with E-state index in [2.05, 4.69) is 48.3 Å². The summed E-state index contributed by atoms with van der Waals surface area (Å²) in [7, 11) is 2.14. The first-order chi connectivity index (χ1) is 19.7. The number of aromatic nitrogens is 1. The van der Waals surface area contributed by atoms with E-state index < -0.39 is 12.1 Å². The predicted molar refractivity (Wildman–Crippen MR) is 166 cm³/mol. The molecule has 4 heterocycles. The van der Waals surface area contributed by atoms with Gasteiger partial charge in [-0.15, -0.1) is 11.3 Å². The van der Waals surface area contributed by atoms with Crippen LogP contribution in [0.5, 0.6) is 0 Å². The molecule has 2 aromatic rings. The third-order valence-electron chi connectivity index (χ3n) is 8.71. The van der Waals surface area contributed by atoms with E-state index in [0.29, 0.717) is 18.5 Å². The van der Waals surface area contributed by atoms with Crippen molar-refractivity contribution >= 4 is 34.1 Å². The van der Waals surface area contributed by atoms with Gasteiger partial charge in [0.05, 0.1) is 11.8 Å². The molecule has 3 fully saturated rings. The fraction of sp³-hybridized carbons (Fsp3) is 0.625. The van der Waals surface area contributed by atoms with Crippen molar-refractivity contribution in [3.05, 3.63) is 35.2 Å². The van der Waals surface area contributed by atoms with Crippen LogP contribution in [0.25, 0.3) is 11.3 Å². The Morgan fingerprint density at radius 2 is 1.74 bits per heavy atom. The first-order valence-corrected chi connectivity index (χ1v) is 15.8. The molecule has 42 heavy (non-hydrogen) atoms. The standard InChI is InChI=1S/C32H45N5O4S/c1-31(2,3)16-23(29(40)37-17-22(32(4,5)6)27-26(37)25(38)18-41-27)33-28(39)21-10-8-20(9-11-21)24-19-42-30(34-24)36-14-12-35(7)13-15-36/h8-11,19,22-23,26-27H,12-18H2,1-7H3,(H,33,39)/t22-,23?,26+,27+/m0/s1. The zero-order valence-electron chi connectivity index (χ0n) is 26.0. The molecular formula is C32H45N5O4S. The van der Waals surface area contributed by atoms with Crippen LogP contribution in [0.3, 0.4) is 0 Å². The summed E-state index contributed by atoms with van der Waals surface area (Å²) in [5, 5.41) is 6.10. The second-order valence-corrected chi connectivity index (χ2v) is 15.2. The Balaban J connectivity index is 1.30. The number of thiazole rings is 1. The van der Waals surface area contributed by atoms with Gasteiger partial charge in [-0.3, -0.25) is 14.4 Å². The minimum absolute atomic E-state index is 0.0319. The maximum absolute atomic E-state index is 14.0. The van der Waals surface area contributed by atoms with E-state index in [1.165, 1.54) is 0 Å². The topological polar surface area (TPSA) is 95.1 Å². The number of hydrogen-bond acceptors (Lipinski definition) is 8. The Labute approximate surface area is 253 Å². The van der Waals surface area contributed by atoms with Gasteiger partial charge in [-0.05, 0) is 36.4 Å². The first kappa shape index (κ1) is 30.6. The van der Waals surface area contributed by atoms with E-state index in [1.54, 1.807) is 28.4 Å². The smallest absolute Gasteiger partial charge is 0.251 e. The fourth-order valence-electron chi connectivity index (χ4n) is 6.23. The summed E-state index contributed by atoms with van der Waals surface area (Å²) in [6.45, 7) is 17.0. The van der Waals surface area contributed by atoms with E-state index in [-0.39, 0.29) is 47.1 Å². The van der Waals surface area contributed by atoms with Crippen molar-refractivity contribution in [3.63, 3.8) is 0 Å². The number of ketones is 1. The van der Waals surface area contributed by atoms with Crippen LogP contribution in [0.4, 0.5) is 5.13 Å². The van der Waals surface area contributed by atoms with E-state index in [1.807, 2.05) is 32.9 Å². The SMILES string of the molecule is CN1CCN(c2nc(-c3ccc(C(=O)NC(CC(C)(C)C)C(=O)N4C[C@H](C(C)(C)C)[C@H]5OCC(=O)[C@H]54)cc3)cs2)CC1. The van der Waals surface area contributed by atoms with E-state index in [4.69, 9.17) is 9.72 Å². The predicted octanol–water partition coefficient (Wildman–Crippen LogP) is 3.94. The number of carbonyl (C=O) groups excluding carboxylic acids is 3. The molecule has 5 rings (SSSR count). The third kappa shape index (κ3) is 6.55. The van der Waals surface area contributed by atoms with Gasteiger partial charge in [0.25, 0.3) is 5.91 Å². The van der Waals surface area contributed by atoms with Crippen LogP contribution >= 0.6 is 11.3 Å². The minimum Gasteiger partial charge on any atom is -0.367 e. The van der Waals surface area contributed by atoms with Crippen molar-refractivity contribution in [1.82, 2.24) is 20.1 Å². The van der Waals surface area contributed by atoms with Gasteiger partial charge < -0.3 is 24.8 Å². The summed E-state index contributed by atoms with van der Waals surface area (Å²) in [6.07, 6.45) is 0.148. The molecule has 0 bridgehead atoms. The number of benzene rings is 1. The fourth-order valence-corrected chi connectivity index (χ4v) is 7.12. The molecule has 3 aliphatic rings. The lowest BCUT2D eigenvalue weighted by Crippen LogP contribution is -2.53. The van der Waals surface area contributed by atoms with Gasteiger partial charge in [-0.1, -0.05) is 53.7 Å². The molecule has 1 aromatic heterocycles. The van der Waals surface area contributed by atoms with Gasteiger partial charge in [0.2, 0.25) is 5.91 Å². The van der Waals surface area contributed by atoms with Crippen molar-refractivity contribution in [2.45, 2.75) is 66.2 Å². The lowest BCUT2D eigenvalue weighted by molar-refractivity contribution is -0.138. The maximum atomic E-state index is 14.0. The van der Waals surface area contributed by atoms with Crippen LogP contribution in [0.1, 0.15) is 58.3 Å². The van der Waals surface area contributed by atoms with Crippen LogP contribution in [0, 0.1) is 16.7 Å². The Bertz CT molecular complexity index is 1300. The number of fused-ring (bicyclic) bond motifs is 1. The molecule has 1 aromatic carbocycles. The molecule has 2 amide bonds. The number of nitrogens with one attached hydrogen (secondary N) is 1. The maximum Gasteiger partial charge on any atom is 0.251 e. The van der Waals surface area contributed by atoms with Crippen molar-refractivity contribution in [1.29, 1.82) is 0 Å². The van der Waals surface area contributed by atoms with Crippen LogP contribution in [-0.2, 0) is 14.3 Å². The number of likely N-dealkylation sites (tertiary alicyclic amines) is 1. The van der Waals surface area contributed by atoms with Crippen LogP contribution < -0.4 is 10.2 Å². The number of anilines is 1. The Kier molecular flexibility index (Phi) is 8.53. The highest BCUT2D eigenvalue weighted by molar-refractivity contribution is 7.14. The highest BCUT2D eigenvalue weighted by atomic mass is 32.1. The number of ether oxygens (including phenoxy) is 1. The monoisotopic (exact) mass is 595 g/mol. The number of hydrogen-bond donors (Lipinski definition) is 1. The Morgan fingerprint density at radius 3 is 2.36 bits per heavy atom. The molecule has 0 aliphatic carbocycles. The summed E-state index contributed by atoms with van der Waals surface area (Å²) in [5.74, 6) is -0.541.